The van der Waals surface area contributed by atoms with E-state index in [9.17, 15) is 24.0 Å². The highest BCUT2D eigenvalue weighted by atomic mass is 16.6. The molecule has 2 aliphatic carbocycles. The van der Waals surface area contributed by atoms with Gasteiger partial charge in [0.2, 0.25) is 17.6 Å². The maximum Gasteiger partial charge on any atom is 0.410 e. The summed E-state index contributed by atoms with van der Waals surface area (Å²) in [6.07, 6.45) is 5.27. The standard InChI is InChI=1S/C29H47N5O6/c1-6-8-22(24(35)26(37)30-20-11-12-20)31-25(36)23-21-10-7-9-19(21)17-34(23)27(38)18(2)32-13-15-33(16-14-32)28(39)40-29(3,4)5/h18-23H,6-17H2,1-5H3,(H,30,37)(H,31,36). The molecule has 4 amide bonds. The molecular weight excluding hydrogens is 514 g/mol. The zero-order valence-corrected chi connectivity index (χ0v) is 24.7. The molecule has 224 valence electrons. The van der Waals surface area contributed by atoms with Crippen molar-refractivity contribution in [3.8, 4) is 0 Å². The van der Waals surface area contributed by atoms with Gasteiger partial charge in [-0.25, -0.2) is 4.79 Å². The summed E-state index contributed by atoms with van der Waals surface area (Å²) >= 11 is 0. The number of carbonyl (C=O) groups excluding carboxylic acids is 5. The van der Waals surface area contributed by atoms with Crippen LogP contribution in [-0.2, 0) is 23.9 Å². The number of hydrogen-bond acceptors (Lipinski definition) is 7. The number of piperazine rings is 1. The summed E-state index contributed by atoms with van der Waals surface area (Å²) in [7, 11) is 0. The van der Waals surface area contributed by atoms with Crippen molar-refractivity contribution in [2.24, 2.45) is 11.8 Å². The van der Waals surface area contributed by atoms with Gasteiger partial charge < -0.3 is 25.2 Å². The highest BCUT2D eigenvalue weighted by Gasteiger charge is 2.51. The SMILES string of the molecule is CCCC(NC(=O)C1C2CCCC2CN1C(=O)C(C)N1CCN(C(=O)OC(C)(C)C)CC1)C(=O)C(=O)NC1CC1. The summed E-state index contributed by atoms with van der Waals surface area (Å²) in [5, 5.41) is 5.60. The molecule has 5 atom stereocenters. The van der Waals surface area contributed by atoms with Crippen LogP contribution in [0.2, 0.25) is 0 Å². The van der Waals surface area contributed by atoms with E-state index in [4.69, 9.17) is 4.74 Å². The second kappa shape index (κ2) is 12.4. The van der Waals surface area contributed by atoms with E-state index in [-0.39, 0.29) is 35.8 Å². The third-order valence-corrected chi connectivity index (χ3v) is 8.66. The highest BCUT2D eigenvalue weighted by molar-refractivity contribution is 6.38. The lowest BCUT2D eigenvalue weighted by atomic mass is 9.93. The van der Waals surface area contributed by atoms with Crippen molar-refractivity contribution >= 4 is 29.6 Å². The lowest BCUT2D eigenvalue weighted by Gasteiger charge is -2.39. The molecule has 11 heteroatoms. The number of carbonyl (C=O) groups is 5. The second-order valence-electron chi connectivity index (χ2n) is 12.9. The molecule has 2 N–H and O–H groups in total. The average molecular weight is 562 g/mol. The van der Waals surface area contributed by atoms with Gasteiger partial charge in [0.15, 0.2) is 0 Å². The number of Topliss-reactive ketones (excluding diaryl/α,β-unsaturated/α-hetero) is 1. The molecule has 0 bridgehead atoms. The first-order valence-electron chi connectivity index (χ1n) is 15.1. The van der Waals surface area contributed by atoms with Crippen LogP contribution in [0.3, 0.4) is 0 Å². The first-order chi connectivity index (χ1) is 18.9. The Bertz CT molecular complexity index is 984. The van der Waals surface area contributed by atoms with Crippen LogP contribution in [0.25, 0.3) is 0 Å². The van der Waals surface area contributed by atoms with Gasteiger partial charge in [0, 0.05) is 38.8 Å². The van der Waals surface area contributed by atoms with Gasteiger partial charge in [-0.15, -0.1) is 0 Å². The van der Waals surface area contributed by atoms with Gasteiger partial charge in [-0.2, -0.15) is 0 Å². The minimum atomic E-state index is -0.896. The van der Waals surface area contributed by atoms with Crippen LogP contribution in [0.15, 0.2) is 0 Å². The molecule has 2 saturated heterocycles. The Labute approximate surface area is 237 Å². The third kappa shape index (κ3) is 7.14. The number of nitrogens with one attached hydrogen (secondary N) is 2. The van der Waals surface area contributed by atoms with Gasteiger partial charge in [0.1, 0.15) is 11.6 Å². The maximum atomic E-state index is 13.8. The van der Waals surface area contributed by atoms with Gasteiger partial charge in [-0.05, 0) is 71.6 Å². The van der Waals surface area contributed by atoms with E-state index in [1.54, 1.807) is 9.80 Å². The molecule has 11 nitrogen and oxygen atoms in total. The lowest BCUT2D eigenvalue weighted by molar-refractivity contribution is -0.145. The molecule has 40 heavy (non-hydrogen) atoms. The van der Waals surface area contributed by atoms with Gasteiger partial charge in [-0.1, -0.05) is 19.8 Å². The van der Waals surface area contributed by atoms with Crippen molar-refractivity contribution in [1.82, 2.24) is 25.3 Å². The molecule has 4 fully saturated rings. The van der Waals surface area contributed by atoms with E-state index in [0.717, 1.165) is 32.1 Å². The summed E-state index contributed by atoms with van der Waals surface area (Å²) in [6.45, 7) is 11.8. The zero-order chi connectivity index (χ0) is 29.2. The minimum Gasteiger partial charge on any atom is -0.444 e. The predicted molar refractivity (Wildman–Crippen MR) is 148 cm³/mol. The fourth-order valence-electron chi connectivity index (χ4n) is 6.34. The zero-order valence-electron chi connectivity index (χ0n) is 24.7. The number of rotatable bonds is 9. The Morgan fingerprint density at radius 2 is 1.65 bits per heavy atom. The smallest absolute Gasteiger partial charge is 0.410 e. The Balaban J connectivity index is 1.40. The number of ether oxygens (including phenoxy) is 1. The molecular formula is C29H47N5O6. The number of fused-ring (bicyclic) bond motifs is 1. The predicted octanol–water partition coefficient (Wildman–Crippen LogP) is 1.69. The number of amides is 4. The quantitative estimate of drug-likeness (QED) is 0.410. The summed E-state index contributed by atoms with van der Waals surface area (Å²) in [4.78, 5) is 70.8. The fourth-order valence-corrected chi connectivity index (χ4v) is 6.34. The molecule has 0 aromatic carbocycles. The van der Waals surface area contributed by atoms with Gasteiger partial charge in [-0.3, -0.25) is 24.1 Å². The fraction of sp³-hybridized carbons (Fsp3) is 0.828. The lowest BCUT2D eigenvalue weighted by Crippen LogP contribution is -2.59. The molecule has 2 saturated carbocycles. The molecule has 0 spiro atoms. The highest BCUT2D eigenvalue weighted by Crippen LogP contribution is 2.42. The summed E-state index contributed by atoms with van der Waals surface area (Å²) in [5.74, 6) is -1.39. The van der Waals surface area contributed by atoms with E-state index in [0.29, 0.717) is 45.6 Å². The summed E-state index contributed by atoms with van der Waals surface area (Å²) < 4.78 is 5.49. The Hall–Kier alpha value is -2.69. The molecule has 4 aliphatic rings. The van der Waals surface area contributed by atoms with Crippen molar-refractivity contribution in [2.45, 2.75) is 109 Å². The first kappa shape index (κ1) is 30.3. The van der Waals surface area contributed by atoms with Gasteiger partial charge in [0.05, 0.1) is 12.1 Å². The van der Waals surface area contributed by atoms with Crippen molar-refractivity contribution in [3.05, 3.63) is 0 Å². The van der Waals surface area contributed by atoms with E-state index >= 15 is 0 Å². The second-order valence-corrected chi connectivity index (χ2v) is 12.9. The summed E-state index contributed by atoms with van der Waals surface area (Å²) in [5.41, 5.74) is -0.567. The van der Waals surface area contributed by atoms with Crippen LogP contribution < -0.4 is 10.6 Å². The normalized spacial score (nSPS) is 26.6. The van der Waals surface area contributed by atoms with Gasteiger partial charge >= 0.3 is 6.09 Å². The number of likely N-dealkylation sites (tertiary alicyclic amines) is 1. The van der Waals surface area contributed by atoms with Crippen LogP contribution in [0, 0.1) is 11.8 Å². The van der Waals surface area contributed by atoms with Crippen LogP contribution in [0.5, 0.6) is 0 Å². The molecule has 4 rings (SSSR count). The molecule has 2 heterocycles. The molecule has 0 aromatic rings. The summed E-state index contributed by atoms with van der Waals surface area (Å²) in [6, 6.07) is -1.94. The molecule has 2 aliphatic heterocycles. The number of ketones is 1. The van der Waals surface area contributed by atoms with Crippen molar-refractivity contribution < 1.29 is 28.7 Å². The molecule has 0 radical (unpaired) electrons. The Morgan fingerprint density at radius 3 is 2.25 bits per heavy atom. The average Bonchev–Trinajstić information content (AvgIpc) is 3.47. The van der Waals surface area contributed by atoms with Crippen molar-refractivity contribution in [1.29, 1.82) is 0 Å². The molecule has 0 aromatic heterocycles. The topological polar surface area (TPSA) is 128 Å². The van der Waals surface area contributed by atoms with Crippen LogP contribution in [-0.4, -0.2) is 107 Å². The van der Waals surface area contributed by atoms with Gasteiger partial charge in [0.25, 0.3) is 5.91 Å². The Morgan fingerprint density at radius 1 is 0.975 bits per heavy atom. The number of hydrogen-bond donors (Lipinski definition) is 2. The van der Waals surface area contributed by atoms with Crippen molar-refractivity contribution in [2.75, 3.05) is 32.7 Å². The molecule has 5 unspecified atom stereocenters. The first-order valence-corrected chi connectivity index (χ1v) is 15.1. The number of nitrogens with zero attached hydrogens (tertiary/aromatic N) is 3. The monoisotopic (exact) mass is 561 g/mol. The van der Waals surface area contributed by atoms with Crippen LogP contribution in [0.1, 0.15) is 79.6 Å². The van der Waals surface area contributed by atoms with Crippen LogP contribution in [0.4, 0.5) is 4.79 Å². The van der Waals surface area contributed by atoms with E-state index in [1.807, 2.05) is 34.6 Å². The third-order valence-electron chi connectivity index (χ3n) is 8.66. The largest absolute Gasteiger partial charge is 0.444 e. The van der Waals surface area contributed by atoms with E-state index < -0.39 is 35.4 Å². The Kier molecular flexibility index (Phi) is 9.42. The van der Waals surface area contributed by atoms with E-state index in [2.05, 4.69) is 15.5 Å². The van der Waals surface area contributed by atoms with Crippen molar-refractivity contribution in [3.63, 3.8) is 0 Å². The van der Waals surface area contributed by atoms with E-state index in [1.165, 1.54) is 0 Å². The maximum absolute atomic E-state index is 13.8. The van der Waals surface area contributed by atoms with Crippen LogP contribution >= 0.6 is 0 Å². The minimum absolute atomic E-state index is 0.0536.